The molecule has 204 valence electrons. The van der Waals surface area contributed by atoms with E-state index in [1.54, 1.807) is 24.3 Å². The van der Waals surface area contributed by atoms with Crippen LogP contribution in [0.3, 0.4) is 0 Å². The van der Waals surface area contributed by atoms with Crippen molar-refractivity contribution in [1.82, 2.24) is 19.9 Å². The van der Waals surface area contributed by atoms with E-state index in [0.717, 1.165) is 57.0 Å². The van der Waals surface area contributed by atoms with Crippen LogP contribution in [-0.2, 0) is 16.2 Å². The lowest BCUT2D eigenvalue weighted by Gasteiger charge is -2.30. The second kappa shape index (κ2) is 8.20. The Hall–Kier alpha value is -2.76. The van der Waals surface area contributed by atoms with Crippen LogP contribution in [0.15, 0.2) is 48.5 Å². The Morgan fingerprint density at radius 2 is 0.659 bits per heavy atom. The predicted molar refractivity (Wildman–Crippen MR) is 170 cm³/mol. The van der Waals surface area contributed by atoms with Crippen LogP contribution in [0.25, 0.3) is 44.1 Å². The number of aromatic nitrogens is 4. The van der Waals surface area contributed by atoms with E-state index in [-0.39, 0.29) is 16.2 Å². The van der Waals surface area contributed by atoms with Gasteiger partial charge in [-0.2, -0.15) is 0 Å². The Bertz CT molecular complexity index is 2010. The fraction of sp³-hybridized carbons (Fsp3) is 0.273. The maximum absolute atomic E-state index is 6.33. The molecule has 0 radical (unpaired) electrons. The minimum atomic E-state index is -0.192. The standard InChI is InChI=1S/C33H24Cl4N4/c1-31(2)13-33(17-7-25-23(5-15(17)31)38-27-9-19(34)21(36)11-29(27)40-25)14-32(3,4)16-6-24-26(8-18(16)33)41-30-12-22(37)20(35)10-28(30)39-24/h5-12H,13-14H2,1-4H3. The van der Waals surface area contributed by atoms with Crippen LogP contribution in [0.5, 0.6) is 0 Å². The molecule has 0 saturated heterocycles. The van der Waals surface area contributed by atoms with Crippen molar-refractivity contribution in [2.45, 2.75) is 56.8 Å². The van der Waals surface area contributed by atoms with Crippen LogP contribution < -0.4 is 0 Å². The molecule has 2 aliphatic carbocycles. The van der Waals surface area contributed by atoms with Crippen LogP contribution in [0.2, 0.25) is 20.1 Å². The van der Waals surface area contributed by atoms with E-state index in [1.165, 1.54) is 22.3 Å². The van der Waals surface area contributed by atoms with E-state index in [4.69, 9.17) is 66.3 Å². The summed E-state index contributed by atoms with van der Waals surface area (Å²) in [5.74, 6) is 0. The predicted octanol–water partition coefficient (Wildman–Crippen LogP) is 10.1. The highest BCUT2D eigenvalue weighted by molar-refractivity contribution is 6.43. The average Bonchev–Trinajstić information content (AvgIpc) is 3.24. The summed E-state index contributed by atoms with van der Waals surface area (Å²) in [6.45, 7) is 9.34. The summed E-state index contributed by atoms with van der Waals surface area (Å²) < 4.78 is 0. The molecule has 0 fully saturated rings. The first-order valence-corrected chi connectivity index (χ1v) is 15.1. The summed E-state index contributed by atoms with van der Waals surface area (Å²) in [4.78, 5) is 19.9. The second-order valence-corrected chi connectivity index (χ2v) is 14.6. The third-order valence-corrected chi connectivity index (χ3v) is 10.6. The molecule has 0 unspecified atom stereocenters. The maximum Gasteiger partial charge on any atom is 0.0910 e. The molecule has 0 bridgehead atoms. The van der Waals surface area contributed by atoms with Gasteiger partial charge in [0.25, 0.3) is 0 Å². The van der Waals surface area contributed by atoms with Crippen molar-refractivity contribution in [2.75, 3.05) is 0 Å². The molecule has 6 aromatic rings. The Morgan fingerprint density at radius 3 is 0.951 bits per heavy atom. The van der Waals surface area contributed by atoms with Gasteiger partial charge in [0.1, 0.15) is 0 Å². The van der Waals surface area contributed by atoms with Gasteiger partial charge in [0.05, 0.1) is 64.2 Å². The van der Waals surface area contributed by atoms with Gasteiger partial charge < -0.3 is 0 Å². The van der Waals surface area contributed by atoms with Crippen molar-refractivity contribution in [2.24, 2.45) is 0 Å². The monoisotopic (exact) mass is 616 g/mol. The minimum Gasteiger partial charge on any atom is -0.244 e. The number of hydrogen-bond donors (Lipinski definition) is 0. The first-order chi connectivity index (χ1) is 19.3. The molecular weight excluding hydrogens is 594 g/mol. The summed E-state index contributed by atoms with van der Waals surface area (Å²) in [5, 5.41) is 1.90. The molecule has 0 aliphatic heterocycles. The van der Waals surface area contributed by atoms with Gasteiger partial charge in [0.15, 0.2) is 0 Å². The Morgan fingerprint density at radius 1 is 0.415 bits per heavy atom. The van der Waals surface area contributed by atoms with Crippen molar-refractivity contribution in [3.63, 3.8) is 0 Å². The van der Waals surface area contributed by atoms with Gasteiger partial charge in [-0.05, 0) is 94.5 Å². The van der Waals surface area contributed by atoms with Crippen LogP contribution in [0.4, 0.5) is 0 Å². The molecule has 2 aromatic heterocycles. The van der Waals surface area contributed by atoms with Crippen molar-refractivity contribution in [3.8, 4) is 0 Å². The molecule has 2 heterocycles. The Balaban J connectivity index is 1.41. The lowest BCUT2D eigenvalue weighted by Crippen LogP contribution is -2.27. The number of rotatable bonds is 0. The molecular formula is C33H24Cl4N4. The quantitative estimate of drug-likeness (QED) is 0.159. The van der Waals surface area contributed by atoms with Crippen molar-refractivity contribution < 1.29 is 0 Å². The van der Waals surface area contributed by atoms with Gasteiger partial charge in [-0.25, -0.2) is 19.9 Å². The molecule has 0 amide bonds. The normalized spacial score (nSPS) is 18.1. The zero-order valence-corrected chi connectivity index (χ0v) is 25.9. The fourth-order valence-corrected chi connectivity index (χ4v) is 8.27. The molecule has 2 aliphatic rings. The molecule has 0 N–H and O–H groups in total. The molecule has 8 heteroatoms. The highest BCUT2D eigenvalue weighted by Gasteiger charge is 2.56. The largest absolute Gasteiger partial charge is 0.244 e. The van der Waals surface area contributed by atoms with Crippen LogP contribution in [0.1, 0.15) is 62.8 Å². The van der Waals surface area contributed by atoms with Gasteiger partial charge in [-0.3, -0.25) is 0 Å². The number of halogens is 4. The first-order valence-electron chi connectivity index (χ1n) is 13.6. The van der Waals surface area contributed by atoms with Crippen molar-refractivity contribution in [3.05, 3.63) is 90.9 Å². The van der Waals surface area contributed by atoms with E-state index in [9.17, 15) is 0 Å². The summed E-state index contributed by atoms with van der Waals surface area (Å²) >= 11 is 25.3. The number of fused-ring (bicyclic) bond motifs is 8. The maximum atomic E-state index is 6.33. The summed E-state index contributed by atoms with van der Waals surface area (Å²) in [7, 11) is 0. The highest BCUT2D eigenvalue weighted by atomic mass is 35.5. The highest BCUT2D eigenvalue weighted by Crippen LogP contribution is 2.63. The van der Waals surface area contributed by atoms with Gasteiger partial charge >= 0.3 is 0 Å². The molecule has 0 atom stereocenters. The number of benzene rings is 4. The first kappa shape index (κ1) is 25.9. The molecule has 1 spiro atoms. The SMILES string of the molecule is CC1(C)CC2(CC(C)(C)c3cc4nc5cc(Cl)c(Cl)cc5nc4cc32)c2cc3nc4cc(Cl)c(Cl)cc4nc3cc21. The van der Waals surface area contributed by atoms with E-state index in [1.807, 2.05) is 0 Å². The molecule has 41 heavy (non-hydrogen) atoms. The van der Waals surface area contributed by atoms with Crippen LogP contribution in [-0.4, -0.2) is 19.9 Å². The lowest BCUT2D eigenvalue weighted by molar-refractivity contribution is 0.350. The minimum absolute atomic E-state index is 0.0657. The molecule has 0 saturated carbocycles. The Labute approximate surface area is 257 Å². The van der Waals surface area contributed by atoms with E-state index >= 15 is 0 Å². The van der Waals surface area contributed by atoms with Gasteiger partial charge in [-0.1, -0.05) is 74.1 Å². The smallest absolute Gasteiger partial charge is 0.0910 e. The van der Waals surface area contributed by atoms with Gasteiger partial charge in [-0.15, -0.1) is 0 Å². The number of hydrogen-bond acceptors (Lipinski definition) is 4. The fourth-order valence-electron chi connectivity index (χ4n) is 7.64. The molecule has 8 rings (SSSR count). The van der Waals surface area contributed by atoms with Gasteiger partial charge in [0, 0.05) is 5.41 Å². The van der Waals surface area contributed by atoms with Crippen molar-refractivity contribution >= 4 is 90.5 Å². The topological polar surface area (TPSA) is 51.6 Å². The third kappa shape index (κ3) is 3.61. The summed E-state index contributed by atoms with van der Waals surface area (Å²) in [6, 6.07) is 16.2. The summed E-state index contributed by atoms with van der Waals surface area (Å²) in [5.41, 5.74) is 11.3. The van der Waals surface area contributed by atoms with Crippen LogP contribution in [0, 0.1) is 0 Å². The average molecular weight is 618 g/mol. The van der Waals surface area contributed by atoms with E-state index in [0.29, 0.717) is 20.1 Å². The molecule has 4 nitrogen and oxygen atoms in total. The third-order valence-electron chi connectivity index (χ3n) is 9.20. The molecule has 4 aromatic carbocycles. The lowest BCUT2D eigenvalue weighted by atomic mass is 9.72. The Kier molecular flexibility index (Phi) is 5.18. The van der Waals surface area contributed by atoms with E-state index < -0.39 is 0 Å². The van der Waals surface area contributed by atoms with E-state index in [2.05, 4.69) is 52.0 Å². The second-order valence-electron chi connectivity index (χ2n) is 12.9. The van der Waals surface area contributed by atoms with Crippen molar-refractivity contribution in [1.29, 1.82) is 0 Å². The zero-order valence-electron chi connectivity index (χ0n) is 22.8. The van der Waals surface area contributed by atoms with Crippen LogP contribution >= 0.6 is 46.4 Å². The summed E-state index contributed by atoms with van der Waals surface area (Å²) in [6.07, 6.45) is 1.96. The van der Waals surface area contributed by atoms with Gasteiger partial charge in [0.2, 0.25) is 0 Å². The zero-order chi connectivity index (χ0) is 28.6. The number of nitrogens with zero attached hydrogens (tertiary/aromatic N) is 4.